The quantitative estimate of drug-likeness (QED) is 0.608. The molecular weight excluding hydrogens is 332 g/mol. The van der Waals surface area contributed by atoms with Crippen molar-refractivity contribution >= 4 is 17.7 Å². The van der Waals surface area contributed by atoms with Crippen molar-refractivity contribution in [1.82, 2.24) is 20.1 Å². The molecule has 1 aromatic carbocycles. The van der Waals surface area contributed by atoms with Gasteiger partial charge in [0.2, 0.25) is 5.91 Å². The van der Waals surface area contributed by atoms with Gasteiger partial charge in [-0.1, -0.05) is 54.9 Å². The zero-order valence-corrected chi connectivity index (χ0v) is 15.4. The van der Waals surface area contributed by atoms with Gasteiger partial charge in [0.05, 0.1) is 5.75 Å². The molecule has 0 aliphatic heterocycles. The van der Waals surface area contributed by atoms with Crippen molar-refractivity contribution in [3.63, 3.8) is 0 Å². The fourth-order valence-electron chi connectivity index (χ4n) is 3.18. The Kier molecular flexibility index (Phi) is 5.91. The predicted octanol–water partition coefficient (Wildman–Crippen LogP) is 3.59. The third-order valence-electron chi connectivity index (χ3n) is 4.47. The van der Waals surface area contributed by atoms with Gasteiger partial charge in [0.15, 0.2) is 11.0 Å². The van der Waals surface area contributed by atoms with Crippen molar-refractivity contribution in [2.24, 2.45) is 0 Å². The summed E-state index contributed by atoms with van der Waals surface area (Å²) in [4.78, 5) is 12.2. The van der Waals surface area contributed by atoms with E-state index in [1.165, 1.54) is 24.6 Å². The highest BCUT2D eigenvalue weighted by Gasteiger charge is 2.19. The summed E-state index contributed by atoms with van der Waals surface area (Å²) in [7, 11) is 0. The minimum atomic E-state index is 0.0718. The third kappa shape index (κ3) is 4.31. The van der Waals surface area contributed by atoms with E-state index in [1.54, 1.807) is 0 Å². The fourth-order valence-corrected chi connectivity index (χ4v) is 3.94. The van der Waals surface area contributed by atoms with Crippen molar-refractivity contribution in [3.8, 4) is 11.4 Å². The number of rotatable bonds is 7. The van der Waals surface area contributed by atoms with Crippen LogP contribution >= 0.6 is 11.8 Å². The zero-order chi connectivity index (χ0) is 17.6. The van der Waals surface area contributed by atoms with E-state index in [9.17, 15) is 4.79 Å². The van der Waals surface area contributed by atoms with Gasteiger partial charge in [0, 0.05) is 18.2 Å². The molecule has 1 aromatic heterocycles. The monoisotopic (exact) mass is 356 g/mol. The predicted molar refractivity (Wildman–Crippen MR) is 102 cm³/mol. The first-order valence-corrected chi connectivity index (χ1v) is 9.70. The van der Waals surface area contributed by atoms with Crippen LogP contribution in [0.15, 0.2) is 42.1 Å². The Balaban J connectivity index is 1.72. The number of aryl methyl sites for hydroxylation is 1. The number of allylic oxidation sites excluding steroid dienone is 1. The molecule has 0 spiro atoms. The second-order valence-electron chi connectivity index (χ2n) is 6.36. The van der Waals surface area contributed by atoms with Crippen LogP contribution in [0.1, 0.15) is 31.2 Å². The number of nitrogens with zero attached hydrogens (tertiary/aromatic N) is 3. The molecule has 5 nitrogen and oxygen atoms in total. The van der Waals surface area contributed by atoms with Crippen LogP contribution in [0.4, 0.5) is 0 Å². The van der Waals surface area contributed by atoms with Gasteiger partial charge in [0.25, 0.3) is 0 Å². The molecule has 1 aliphatic rings. The van der Waals surface area contributed by atoms with Crippen LogP contribution in [0, 0.1) is 6.92 Å². The molecule has 25 heavy (non-hydrogen) atoms. The Morgan fingerprint density at radius 1 is 1.36 bits per heavy atom. The van der Waals surface area contributed by atoms with Crippen molar-refractivity contribution in [2.75, 3.05) is 5.75 Å². The molecule has 1 N–H and O–H groups in total. The van der Waals surface area contributed by atoms with E-state index in [0.717, 1.165) is 34.9 Å². The summed E-state index contributed by atoms with van der Waals surface area (Å²) in [5.41, 5.74) is 2.20. The average Bonchev–Trinajstić information content (AvgIpc) is 3.24. The first-order chi connectivity index (χ1) is 12.2. The third-order valence-corrected chi connectivity index (χ3v) is 5.43. The van der Waals surface area contributed by atoms with E-state index in [1.807, 2.05) is 28.8 Å². The molecule has 2 aromatic rings. The number of amides is 1. The molecule has 1 saturated carbocycles. The molecule has 1 aliphatic carbocycles. The van der Waals surface area contributed by atoms with Crippen LogP contribution in [0.5, 0.6) is 0 Å². The molecule has 0 bridgehead atoms. The average molecular weight is 356 g/mol. The van der Waals surface area contributed by atoms with Gasteiger partial charge in [-0.3, -0.25) is 9.36 Å². The van der Waals surface area contributed by atoms with E-state index in [-0.39, 0.29) is 5.91 Å². The zero-order valence-electron chi connectivity index (χ0n) is 14.6. The molecule has 6 heteroatoms. The lowest BCUT2D eigenvalue weighted by Crippen LogP contribution is -2.33. The molecule has 0 radical (unpaired) electrons. The highest BCUT2D eigenvalue weighted by molar-refractivity contribution is 7.99. The van der Waals surface area contributed by atoms with E-state index >= 15 is 0 Å². The number of hydrogen-bond acceptors (Lipinski definition) is 4. The molecule has 3 rings (SSSR count). The van der Waals surface area contributed by atoms with E-state index < -0.39 is 0 Å². The number of thioether (sulfide) groups is 1. The number of hydrogen-bond donors (Lipinski definition) is 1. The van der Waals surface area contributed by atoms with Gasteiger partial charge < -0.3 is 5.32 Å². The van der Waals surface area contributed by atoms with E-state index in [4.69, 9.17) is 0 Å². The maximum atomic E-state index is 12.2. The largest absolute Gasteiger partial charge is 0.353 e. The molecule has 1 heterocycles. The molecule has 132 valence electrons. The summed E-state index contributed by atoms with van der Waals surface area (Å²) in [6, 6.07) is 8.46. The SMILES string of the molecule is C=CCn1c(SCC(=O)NC2CCCC2)nnc1-c1ccccc1C. The van der Waals surface area contributed by atoms with Crippen molar-refractivity contribution in [1.29, 1.82) is 0 Å². The molecule has 1 fully saturated rings. The molecule has 1 amide bonds. The summed E-state index contributed by atoms with van der Waals surface area (Å²) >= 11 is 1.43. The summed E-state index contributed by atoms with van der Waals surface area (Å²) in [6.45, 7) is 6.51. The number of benzene rings is 1. The second kappa shape index (κ2) is 8.34. The topological polar surface area (TPSA) is 59.8 Å². The van der Waals surface area contributed by atoms with Crippen LogP contribution in [-0.4, -0.2) is 32.5 Å². The first kappa shape index (κ1) is 17.7. The molecule has 0 saturated heterocycles. The lowest BCUT2D eigenvalue weighted by atomic mass is 10.1. The Bertz CT molecular complexity index is 750. The summed E-state index contributed by atoms with van der Waals surface area (Å²) in [5, 5.41) is 12.5. The standard InChI is InChI=1S/C19H24N4OS/c1-3-12-23-18(16-11-7-4-8-14(16)2)21-22-19(23)25-13-17(24)20-15-9-5-6-10-15/h3-4,7-8,11,15H,1,5-6,9-10,12-13H2,2H3,(H,20,24). The number of carbonyl (C=O) groups excluding carboxylic acids is 1. The number of nitrogens with one attached hydrogen (secondary N) is 1. The minimum absolute atomic E-state index is 0.0718. The number of aromatic nitrogens is 3. The van der Waals surface area contributed by atoms with Gasteiger partial charge in [-0.15, -0.1) is 16.8 Å². The molecule has 0 unspecified atom stereocenters. The van der Waals surface area contributed by atoms with Crippen LogP contribution in [0.25, 0.3) is 11.4 Å². The molecule has 0 atom stereocenters. The van der Waals surface area contributed by atoms with Gasteiger partial charge in [0.1, 0.15) is 0 Å². The van der Waals surface area contributed by atoms with Crippen LogP contribution in [0.3, 0.4) is 0 Å². The summed E-state index contributed by atoms with van der Waals surface area (Å²) in [6.07, 6.45) is 6.45. The van der Waals surface area contributed by atoms with Gasteiger partial charge in [-0.2, -0.15) is 0 Å². The van der Waals surface area contributed by atoms with Gasteiger partial charge in [-0.05, 0) is 25.3 Å². The Morgan fingerprint density at radius 3 is 2.84 bits per heavy atom. The smallest absolute Gasteiger partial charge is 0.230 e. The Hall–Kier alpha value is -2.08. The van der Waals surface area contributed by atoms with Gasteiger partial charge >= 0.3 is 0 Å². The minimum Gasteiger partial charge on any atom is -0.353 e. The van der Waals surface area contributed by atoms with Crippen LogP contribution in [0.2, 0.25) is 0 Å². The second-order valence-corrected chi connectivity index (χ2v) is 7.30. The highest BCUT2D eigenvalue weighted by atomic mass is 32.2. The highest BCUT2D eigenvalue weighted by Crippen LogP contribution is 2.26. The fraction of sp³-hybridized carbons (Fsp3) is 0.421. The van der Waals surface area contributed by atoms with Crippen molar-refractivity contribution in [2.45, 2.75) is 50.4 Å². The van der Waals surface area contributed by atoms with Crippen LogP contribution in [-0.2, 0) is 11.3 Å². The lowest BCUT2D eigenvalue weighted by molar-refractivity contribution is -0.119. The van der Waals surface area contributed by atoms with Gasteiger partial charge in [-0.25, -0.2) is 0 Å². The summed E-state index contributed by atoms with van der Waals surface area (Å²) < 4.78 is 2.02. The maximum Gasteiger partial charge on any atom is 0.230 e. The first-order valence-electron chi connectivity index (χ1n) is 8.71. The summed E-state index contributed by atoms with van der Waals surface area (Å²) in [5.74, 6) is 1.25. The Labute approximate surface area is 152 Å². The Morgan fingerprint density at radius 2 is 2.12 bits per heavy atom. The van der Waals surface area contributed by atoms with E-state index in [2.05, 4.69) is 35.1 Å². The normalized spacial score (nSPS) is 14.6. The van der Waals surface area contributed by atoms with Crippen LogP contribution < -0.4 is 5.32 Å². The lowest BCUT2D eigenvalue weighted by Gasteiger charge is -2.12. The maximum absolute atomic E-state index is 12.2. The van der Waals surface area contributed by atoms with Crippen molar-refractivity contribution < 1.29 is 4.79 Å². The number of carbonyl (C=O) groups is 1. The van der Waals surface area contributed by atoms with Crippen molar-refractivity contribution in [3.05, 3.63) is 42.5 Å². The molecular formula is C19H24N4OS. The van der Waals surface area contributed by atoms with E-state index in [0.29, 0.717) is 18.3 Å².